The minimum absolute atomic E-state index is 0.0824. The molecule has 1 aromatic carbocycles. The van der Waals surface area contributed by atoms with Gasteiger partial charge >= 0.3 is 0 Å². The second-order valence-electron chi connectivity index (χ2n) is 4.11. The topological polar surface area (TPSA) is 85.5 Å². The number of rotatable bonds is 4. The Kier molecular flexibility index (Phi) is 4.31. The zero-order valence-corrected chi connectivity index (χ0v) is 12.1. The molecule has 7 heteroatoms. The van der Waals surface area contributed by atoms with Crippen LogP contribution in [0.3, 0.4) is 0 Å². The third-order valence-corrected chi connectivity index (χ3v) is 2.99. The van der Waals surface area contributed by atoms with Crippen molar-refractivity contribution in [3.8, 4) is 11.6 Å². The lowest BCUT2D eigenvalue weighted by atomic mass is 10.2. The number of aliphatic hydroxyl groups excluding tert-OH is 1. The van der Waals surface area contributed by atoms with Crippen LogP contribution in [0, 0.1) is 10.1 Å². The number of nitro benzene ring substituents is 1. The van der Waals surface area contributed by atoms with Crippen LogP contribution in [0.1, 0.15) is 18.6 Å². The first kappa shape index (κ1) is 14.4. The Hall–Kier alpha value is -1.99. The fourth-order valence-corrected chi connectivity index (χ4v) is 2.03. The molecule has 0 bridgehead atoms. The lowest BCUT2D eigenvalue weighted by Crippen LogP contribution is -1.95. The lowest BCUT2D eigenvalue weighted by molar-refractivity contribution is -0.385. The Bertz CT molecular complexity index is 646. The van der Waals surface area contributed by atoms with Crippen LogP contribution < -0.4 is 4.74 Å². The highest BCUT2D eigenvalue weighted by molar-refractivity contribution is 9.10. The molecule has 0 aliphatic carbocycles. The van der Waals surface area contributed by atoms with E-state index in [1.807, 2.05) is 0 Å². The fraction of sp³-hybridized carbons (Fsp3) is 0.154. The van der Waals surface area contributed by atoms with E-state index in [-0.39, 0.29) is 11.6 Å². The molecule has 1 unspecified atom stereocenters. The van der Waals surface area contributed by atoms with Crippen molar-refractivity contribution in [3.05, 3.63) is 56.7 Å². The quantitative estimate of drug-likeness (QED) is 0.679. The summed E-state index contributed by atoms with van der Waals surface area (Å²) in [4.78, 5) is 14.3. The molecule has 2 rings (SSSR count). The molecule has 2 aromatic rings. The van der Waals surface area contributed by atoms with Crippen molar-refractivity contribution >= 4 is 21.6 Å². The van der Waals surface area contributed by atoms with Crippen LogP contribution in [0.25, 0.3) is 0 Å². The van der Waals surface area contributed by atoms with E-state index >= 15 is 0 Å². The number of aromatic nitrogens is 1. The number of non-ortho nitro benzene ring substituents is 1. The summed E-state index contributed by atoms with van der Waals surface area (Å²) in [6, 6.07) is 7.54. The van der Waals surface area contributed by atoms with Gasteiger partial charge in [0.1, 0.15) is 5.75 Å². The first-order valence-electron chi connectivity index (χ1n) is 5.72. The second-order valence-corrected chi connectivity index (χ2v) is 5.02. The molecule has 1 heterocycles. The normalized spacial score (nSPS) is 11.9. The maximum atomic E-state index is 10.8. The zero-order valence-electron chi connectivity index (χ0n) is 10.5. The molecule has 0 saturated carbocycles. The first-order chi connectivity index (χ1) is 9.45. The van der Waals surface area contributed by atoms with E-state index in [4.69, 9.17) is 4.74 Å². The molecule has 1 atom stereocenters. The number of nitro groups is 1. The van der Waals surface area contributed by atoms with Gasteiger partial charge in [-0.3, -0.25) is 10.1 Å². The molecular formula is C13H11BrN2O4. The smallest absolute Gasteiger partial charge is 0.274 e. The molecule has 0 fully saturated rings. The van der Waals surface area contributed by atoms with E-state index in [1.165, 1.54) is 18.3 Å². The van der Waals surface area contributed by atoms with E-state index in [9.17, 15) is 15.2 Å². The van der Waals surface area contributed by atoms with Gasteiger partial charge in [0.15, 0.2) is 0 Å². The molecule has 104 valence electrons. The van der Waals surface area contributed by atoms with Crippen molar-refractivity contribution in [3.63, 3.8) is 0 Å². The minimum Gasteiger partial charge on any atom is -0.439 e. The van der Waals surface area contributed by atoms with Gasteiger partial charge in [-0.25, -0.2) is 4.98 Å². The number of pyridine rings is 1. The van der Waals surface area contributed by atoms with Crippen molar-refractivity contribution in [1.82, 2.24) is 4.98 Å². The van der Waals surface area contributed by atoms with Crippen molar-refractivity contribution < 1.29 is 14.8 Å². The molecule has 6 nitrogen and oxygen atoms in total. The van der Waals surface area contributed by atoms with Gasteiger partial charge in [0, 0.05) is 22.8 Å². The molecule has 20 heavy (non-hydrogen) atoms. The van der Waals surface area contributed by atoms with Gasteiger partial charge in [-0.2, -0.15) is 0 Å². The van der Waals surface area contributed by atoms with Gasteiger partial charge in [-0.1, -0.05) is 15.9 Å². The third kappa shape index (κ3) is 3.52. The van der Waals surface area contributed by atoms with E-state index in [0.717, 1.165) is 0 Å². The molecule has 1 N–H and O–H groups in total. The Morgan fingerprint density at radius 1 is 1.40 bits per heavy atom. The molecule has 1 aromatic heterocycles. The summed E-state index contributed by atoms with van der Waals surface area (Å²) < 4.78 is 6.02. The molecule has 0 spiro atoms. The second kappa shape index (κ2) is 5.98. The average molecular weight is 339 g/mol. The van der Waals surface area contributed by atoms with E-state index in [0.29, 0.717) is 15.8 Å². The zero-order chi connectivity index (χ0) is 14.7. The largest absolute Gasteiger partial charge is 0.439 e. The minimum atomic E-state index is -0.641. The number of hydrogen-bond acceptors (Lipinski definition) is 5. The SMILES string of the molecule is CC(O)c1ccnc(Oc2cc(Br)cc([N+](=O)[O-])c2)c1. The van der Waals surface area contributed by atoms with Gasteiger partial charge in [0.05, 0.1) is 17.1 Å². The van der Waals surface area contributed by atoms with E-state index in [1.54, 1.807) is 25.1 Å². The van der Waals surface area contributed by atoms with Gasteiger partial charge in [-0.15, -0.1) is 0 Å². The predicted octanol–water partition coefficient (Wildman–Crippen LogP) is 3.60. The highest BCUT2D eigenvalue weighted by Crippen LogP contribution is 2.29. The summed E-state index contributed by atoms with van der Waals surface area (Å²) in [6.45, 7) is 1.63. The highest BCUT2D eigenvalue weighted by Gasteiger charge is 2.11. The Morgan fingerprint density at radius 3 is 2.80 bits per heavy atom. The lowest BCUT2D eigenvalue weighted by Gasteiger charge is -2.08. The maximum absolute atomic E-state index is 10.8. The monoisotopic (exact) mass is 338 g/mol. The van der Waals surface area contributed by atoms with Crippen molar-refractivity contribution in [2.24, 2.45) is 0 Å². The summed E-state index contributed by atoms with van der Waals surface area (Å²) in [5.41, 5.74) is 0.570. The number of nitrogens with zero attached hydrogens (tertiary/aromatic N) is 2. The number of ether oxygens (including phenoxy) is 1. The summed E-state index contributed by atoms with van der Waals surface area (Å²) in [5, 5.41) is 20.3. The Morgan fingerprint density at radius 2 is 2.15 bits per heavy atom. The third-order valence-electron chi connectivity index (χ3n) is 2.53. The molecular weight excluding hydrogens is 328 g/mol. The van der Waals surface area contributed by atoms with Crippen molar-refractivity contribution in [2.75, 3.05) is 0 Å². The van der Waals surface area contributed by atoms with E-state index < -0.39 is 11.0 Å². The molecule has 0 radical (unpaired) electrons. The van der Waals surface area contributed by atoms with Gasteiger partial charge < -0.3 is 9.84 Å². The summed E-state index contributed by atoms with van der Waals surface area (Å²) in [5.74, 6) is 0.553. The molecule has 0 amide bonds. The number of hydrogen-bond donors (Lipinski definition) is 1. The number of halogens is 1. The van der Waals surface area contributed by atoms with Gasteiger partial charge in [0.2, 0.25) is 5.88 Å². The van der Waals surface area contributed by atoms with Crippen LogP contribution >= 0.6 is 15.9 Å². The van der Waals surface area contributed by atoms with Crippen LogP contribution in [0.2, 0.25) is 0 Å². The predicted molar refractivity (Wildman–Crippen MR) is 75.7 cm³/mol. The summed E-state index contributed by atoms with van der Waals surface area (Å²) in [7, 11) is 0. The van der Waals surface area contributed by atoms with Gasteiger partial charge in [-0.05, 0) is 24.6 Å². The van der Waals surface area contributed by atoms with Crippen molar-refractivity contribution in [2.45, 2.75) is 13.0 Å². The van der Waals surface area contributed by atoms with Gasteiger partial charge in [0.25, 0.3) is 5.69 Å². The first-order valence-corrected chi connectivity index (χ1v) is 6.52. The van der Waals surface area contributed by atoms with Crippen molar-refractivity contribution in [1.29, 1.82) is 0 Å². The molecule has 0 aliphatic rings. The van der Waals surface area contributed by atoms with Crippen LogP contribution in [0.15, 0.2) is 41.0 Å². The van der Waals surface area contributed by atoms with Crippen LogP contribution in [-0.2, 0) is 0 Å². The standard InChI is InChI=1S/C13H11BrN2O4/c1-8(17)9-2-3-15-13(4-9)20-12-6-10(14)5-11(7-12)16(18)19/h2-8,17H,1H3. The summed E-state index contributed by atoms with van der Waals surface area (Å²) >= 11 is 3.19. The Balaban J connectivity index is 2.30. The average Bonchev–Trinajstić information content (AvgIpc) is 2.38. The number of benzene rings is 1. The summed E-state index contributed by atoms with van der Waals surface area (Å²) in [6.07, 6.45) is 0.862. The van der Waals surface area contributed by atoms with Crippen LogP contribution in [0.5, 0.6) is 11.6 Å². The molecule has 0 saturated heterocycles. The maximum Gasteiger partial charge on any atom is 0.274 e. The molecule has 0 aliphatic heterocycles. The van der Waals surface area contributed by atoms with Crippen LogP contribution in [0.4, 0.5) is 5.69 Å². The Labute approximate surface area is 123 Å². The number of aliphatic hydroxyl groups is 1. The van der Waals surface area contributed by atoms with E-state index in [2.05, 4.69) is 20.9 Å². The van der Waals surface area contributed by atoms with Crippen LogP contribution in [-0.4, -0.2) is 15.0 Å². The highest BCUT2D eigenvalue weighted by atomic mass is 79.9. The fourth-order valence-electron chi connectivity index (χ4n) is 1.57.